The molecular weight excluding hydrogens is 308 g/mol. The Kier molecular flexibility index (Phi) is 3.71. The van der Waals surface area contributed by atoms with Gasteiger partial charge in [-0.3, -0.25) is 4.79 Å². The molecule has 1 N–H and O–H groups in total. The Bertz CT molecular complexity index is 763. The molecule has 0 fully saturated rings. The third-order valence-electron chi connectivity index (χ3n) is 2.81. The maximum Gasteiger partial charge on any atom is 0.235 e. The zero-order valence-corrected chi connectivity index (χ0v) is 11.6. The lowest BCUT2D eigenvalue weighted by atomic mass is 10.1. The Hall–Kier alpha value is -2.07. The Morgan fingerprint density at radius 1 is 0.895 bits per heavy atom. The lowest BCUT2D eigenvalue weighted by molar-refractivity contribution is 0.449. The van der Waals surface area contributed by atoms with Crippen LogP contribution in [0.15, 0.2) is 63.8 Å². The molecule has 3 nitrogen and oxygen atoms in total. The van der Waals surface area contributed by atoms with Crippen LogP contribution in [0.4, 0.5) is 0 Å². The molecule has 96 valence electrons. The average Bonchev–Trinajstić information content (AvgIpc) is 2.44. The summed E-state index contributed by atoms with van der Waals surface area (Å²) < 4.78 is 5.61. The molecule has 4 heteroatoms. The van der Waals surface area contributed by atoms with Gasteiger partial charge in [-0.1, -0.05) is 42.5 Å². The highest BCUT2D eigenvalue weighted by atomic mass is 79.9. The molecule has 1 aromatic heterocycles. The topological polar surface area (TPSA) is 50.4 Å². The summed E-state index contributed by atoms with van der Waals surface area (Å²) in [5.41, 5.74) is 0.743. The highest BCUT2D eigenvalue weighted by molar-refractivity contribution is 8.93. The largest absolute Gasteiger partial charge is 0.502 e. The molecular formula is C15H11BrO3. The molecule has 0 unspecified atom stereocenters. The van der Waals surface area contributed by atoms with Gasteiger partial charge >= 0.3 is 0 Å². The Morgan fingerprint density at radius 2 is 1.53 bits per heavy atom. The molecule has 0 bridgehead atoms. The third-order valence-corrected chi connectivity index (χ3v) is 2.81. The number of hydrogen-bond donors (Lipinski definition) is 1. The summed E-state index contributed by atoms with van der Waals surface area (Å²) in [6.07, 6.45) is 0. The lowest BCUT2D eigenvalue weighted by Crippen LogP contribution is -2.02. The van der Waals surface area contributed by atoms with E-state index in [4.69, 9.17) is 4.42 Å². The number of para-hydroxylation sites is 1. The van der Waals surface area contributed by atoms with Crippen molar-refractivity contribution in [2.45, 2.75) is 0 Å². The minimum absolute atomic E-state index is 0. The summed E-state index contributed by atoms with van der Waals surface area (Å²) in [5, 5.41) is 10.3. The van der Waals surface area contributed by atoms with Crippen molar-refractivity contribution in [1.29, 1.82) is 0 Å². The number of hydrogen-bond acceptors (Lipinski definition) is 3. The summed E-state index contributed by atoms with van der Waals surface area (Å²) in [7, 11) is 0. The van der Waals surface area contributed by atoms with Gasteiger partial charge in [0.1, 0.15) is 5.58 Å². The van der Waals surface area contributed by atoms with E-state index in [1.165, 1.54) is 0 Å². The van der Waals surface area contributed by atoms with Crippen LogP contribution in [0.1, 0.15) is 0 Å². The molecule has 0 saturated carbocycles. The zero-order chi connectivity index (χ0) is 12.5. The maximum absolute atomic E-state index is 12.0. The Balaban J connectivity index is 0.00000133. The van der Waals surface area contributed by atoms with E-state index in [0.717, 1.165) is 0 Å². The predicted octanol–water partition coefficient (Wildman–Crippen LogP) is 3.74. The monoisotopic (exact) mass is 318 g/mol. The number of benzene rings is 2. The van der Waals surface area contributed by atoms with Crippen LogP contribution in [-0.2, 0) is 0 Å². The molecule has 1 heterocycles. The number of rotatable bonds is 1. The molecule has 0 amide bonds. The normalized spacial score (nSPS) is 10.1. The molecule has 0 aliphatic carbocycles. The zero-order valence-electron chi connectivity index (χ0n) is 9.87. The van der Waals surface area contributed by atoms with Crippen molar-refractivity contribution in [3.8, 4) is 17.1 Å². The SMILES string of the molecule is Br.O=c1c(O)c(-c2ccccc2)oc2ccccc12. The lowest BCUT2D eigenvalue weighted by Gasteiger charge is -2.05. The first-order valence-corrected chi connectivity index (χ1v) is 5.57. The van der Waals surface area contributed by atoms with Gasteiger partial charge in [0.2, 0.25) is 11.2 Å². The van der Waals surface area contributed by atoms with Crippen LogP contribution in [0.5, 0.6) is 5.75 Å². The first kappa shape index (κ1) is 13.4. The van der Waals surface area contributed by atoms with Gasteiger partial charge in [-0.25, -0.2) is 0 Å². The van der Waals surface area contributed by atoms with E-state index in [9.17, 15) is 9.90 Å². The molecule has 0 spiro atoms. The molecule has 3 aromatic rings. The van der Waals surface area contributed by atoms with E-state index in [1.807, 2.05) is 18.2 Å². The first-order chi connectivity index (χ1) is 8.77. The van der Waals surface area contributed by atoms with Gasteiger partial charge in [0.05, 0.1) is 5.39 Å². The van der Waals surface area contributed by atoms with Gasteiger partial charge in [0.15, 0.2) is 5.76 Å². The number of fused-ring (bicyclic) bond motifs is 1. The first-order valence-electron chi connectivity index (χ1n) is 5.57. The van der Waals surface area contributed by atoms with Gasteiger partial charge in [0.25, 0.3) is 0 Å². The second kappa shape index (κ2) is 5.28. The third kappa shape index (κ3) is 2.27. The van der Waals surface area contributed by atoms with E-state index < -0.39 is 5.43 Å². The number of aromatic hydroxyl groups is 1. The van der Waals surface area contributed by atoms with Crippen LogP contribution in [-0.4, -0.2) is 5.11 Å². The summed E-state index contributed by atoms with van der Waals surface area (Å²) in [4.78, 5) is 12.0. The van der Waals surface area contributed by atoms with Crippen molar-refractivity contribution in [2.75, 3.05) is 0 Å². The Labute approximate surface area is 119 Å². The molecule has 0 atom stereocenters. The van der Waals surface area contributed by atoms with Crippen LogP contribution < -0.4 is 5.43 Å². The molecule has 0 aliphatic heterocycles. The van der Waals surface area contributed by atoms with Crippen LogP contribution in [0.2, 0.25) is 0 Å². The highest BCUT2D eigenvalue weighted by Gasteiger charge is 2.14. The fraction of sp³-hybridized carbons (Fsp3) is 0. The quantitative estimate of drug-likeness (QED) is 0.743. The second-order valence-corrected chi connectivity index (χ2v) is 3.97. The molecule has 0 saturated heterocycles. The van der Waals surface area contributed by atoms with Crippen LogP contribution in [0, 0.1) is 0 Å². The van der Waals surface area contributed by atoms with Crippen LogP contribution in [0.25, 0.3) is 22.3 Å². The fourth-order valence-electron chi connectivity index (χ4n) is 1.92. The van der Waals surface area contributed by atoms with E-state index in [0.29, 0.717) is 16.5 Å². The standard InChI is InChI=1S/C15H10O3.BrH/c16-13-11-8-4-5-9-12(11)18-15(14(13)17)10-6-2-1-3-7-10;/h1-9,17H;1H. The van der Waals surface area contributed by atoms with Gasteiger partial charge < -0.3 is 9.52 Å². The smallest absolute Gasteiger partial charge is 0.235 e. The van der Waals surface area contributed by atoms with Crippen molar-refractivity contribution >= 4 is 28.0 Å². The summed E-state index contributed by atoms with van der Waals surface area (Å²) in [5.74, 6) is -0.140. The van der Waals surface area contributed by atoms with Crippen molar-refractivity contribution < 1.29 is 9.52 Å². The second-order valence-electron chi connectivity index (χ2n) is 3.97. The van der Waals surface area contributed by atoms with Crippen LogP contribution in [0.3, 0.4) is 0 Å². The molecule has 2 aromatic carbocycles. The van der Waals surface area contributed by atoms with Crippen LogP contribution >= 0.6 is 17.0 Å². The minimum Gasteiger partial charge on any atom is -0.502 e. The van der Waals surface area contributed by atoms with E-state index in [1.54, 1.807) is 36.4 Å². The van der Waals surface area contributed by atoms with E-state index in [2.05, 4.69) is 0 Å². The van der Waals surface area contributed by atoms with Gasteiger partial charge in [-0.2, -0.15) is 0 Å². The summed E-state index contributed by atoms with van der Waals surface area (Å²) >= 11 is 0. The molecule has 19 heavy (non-hydrogen) atoms. The fourth-order valence-corrected chi connectivity index (χ4v) is 1.92. The van der Waals surface area contributed by atoms with E-state index in [-0.39, 0.29) is 28.5 Å². The summed E-state index contributed by atoms with van der Waals surface area (Å²) in [6.45, 7) is 0. The minimum atomic E-state index is -0.407. The van der Waals surface area contributed by atoms with Crippen molar-refractivity contribution in [3.05, 3.63) is 64.8 Å². The van der Waals surface area contributed by atoms with Crippen molar-refractivity contribution in [2.24, 2.45) is 0 Å². The molecule has 3 rings (SSSR count). The van der Waals surface area contributed by atoms with Crippen molar-refractivity contribution in [1.82, 2.24) is 0 Å². The molecule has 0 aliphatic rings. The highest BCUT2D eigenvalue weighted by Crippen LogP contribution is 2.29. The predicted molar refractivity (Wildman–Crippen MR) is 79.9 cm³/mol. The molecule has 0 radical (unpaired) electrons. The number of halogens is 1. The van der Waals surface area contributed by atoms with Gasteiger partial charge in [0, 0.05) is 5.56 Å². The maximum atomic E-state index is 12.0. The van der Waals surface area contributed by atoms with E-state index >= 15 is 0 Å². The van der Waals surface area contributed by atoms with Gasteiger partial charge in [-0.15, -0.1) is 17.0 Å². The Morgan fingerprint density at radius 3 is 2.26 bits per heavy atom. The van der Waals surface area contributed by atoms with Gasteiger partial charge in [-0.05, 0) is 12.1 Å². The average molecular weight is 319 g/mol. The summed E-state index contributed by atoms with van der Waals surface area (Å²) in [6, 6.07) is 15.9. The van der Waals surface area contributed by atoms with Crippen molar-refractivity contribution in [3.63, 3.8) is 0 Å².